The van der Waals surface area contributed by atoms with Crippen LogP contribution in [0.1, 0.15) is 29.4 Å². The van der Waals surface area contributed by atoms with Crippen LogP contribution in [0.4, 0.5) is 0 Å². The zero-order valence-electron chi connectivity index (χ0n) is 7.80. The summed E-state index contributed by atoms with van der Waals surface area (Å²) in [6, 6.07) is 2.28. The molecule has 0 amide bonds. The number of nitrogens with zero attached hydrogens (tertiary/aromatic N) is 2. The first kappa shape index (κ1) is 9.21. The Morgan fingerprint density at radius 1 is 1.42 bits per heavy atom. The molecule has 12 heavy (non-hydrogen) atoms. The fourth-order valence-electron chi connectivity index (χ4n) is 1.16. The zero-order chi connectivity index (χ0) is 9.35. The molecule has 64 valence electrons. The fourth-order valence-corrected chi connectivity index (χ4v) is 2.13. The van der Waals surface area contributed by atoms with Crippen LogP contribution in [0.25, 0.3) is 0 Å². The van der Waals surface area contributed by atoms with E-state index >= 15 is 0 Å². The van der Waals surface area contributed by atoms with Crippen molar-refractivity contribution in [2.45, 2.75) is 33.1 Å². The molecule has 0 unspecified atom stereocenters. The average molecular weight is 180 g/mol. The largest absolute Gasteiger partial charge is 0.247 e. The molecule has 0 bridgehead atoms. The van der Waals surface area contributed by atoms with Gasteiger partial charge in [-0.3, -0.25) is 0 Å². The molecule has 0 aliphatic rings. The topological polar surface area (TPSA) is 36.7 Å². The van der Waals surface area contributed by atoms with Crippen molar-refractivity contribution < 1.29 is 0 Å². The molecule has 0 aliphatic carbocycles. The summed E-state index contributed by atoms with van der Waals surface area (Å²) in [5.41, 5.74) is 0.597. The molecule has 0 aliphatic heterocycles. The molecular weight excluding hydrogens is 168 g/mol. The van der Waals surface area contributed by atoms with E-state index in [2.05, 4.69) is 11.1 Å². The van der Waals surface area contributed by atoms with Crippen molar-refractivity contribution in [2.75, 3.05) is 0 Å². The molecule has 3 heteroatoms. The van der Waals surface area contributed by atoms with Crippen LogP contribution >= 0.6 is 11.3 Å². The van der Waals surface area contributed by atoms with E-state index in [1.165, 1.54) is 0 Å². The Kier molecular flexibility index (Phi) is 2.20. The smallest absolute Gasteiger partial charge is 0.0900 e. The van der Waals surface area contributed by atoms with Gasteiger partial charge in [-0.25, -0.2) is 4.98 Å². The summed E-state index contributed by atoms with van der Waals surface area (Å²) in [7, 11) is 0. The number of aryl methyl sites for hydroxylation is 2. The van der Waals surface area contributed by atoms with Crippen LogP contribution in [0.2, 0.25) is 0 Å². The molecule has 1 aromatic rings. The number of thiazole rings is 1. The monoisotopic (exact) mass is 180 g/mol. The molecule has 0 spiro atoms. The quantitative estimate of drug-likeness (QED) is 0.666. The van der Waals surface area contributed by atoms with E-state index in [9.17, 15) is 0 Å². The molecule has 0 saturated heterocycles. The van der Waals surface area contributed by atoms with Crippen molar-refractivity contribution in [3.8, 4) is 6.07 Å². The molecule has 0 fully saturated rings. The maximum absolute atomic E-state index is 8.91. The van der Waals surface area contributed by atoms with Gasteiger partial charge in [0.25, 0.3) is 0 Å². The van der Waals surface area contributed by atoms with Crippen LogP contribution < -0.4 is 0 Å². The highest BCUT2D eigenvalue weighted by molar-refractivity contribution is 7.11. The molecule has 1 aromatic heterocycles. The molecule has 0 radical (unpaired) electrons. The minimum atomic E-state index is -0.393. The number of aromatic nitrogens is 1. The Morgan fingerprint density at radius 3 is 2.33 bits per heavy atom. The van der Waals surface area contributed by atoms with E-state index in [1.54, 1.807) is 11.3 Å². The summed E-state index contributed by atoms with van der Waals surface area (Å²) in [6.45, 7) is 7.77. The van der Waals surface area contributed by atoms with Crippen molar-refractivity contribution in [1.82, 2.24) is 4.98 Å². The van der Waals surface area contributed by atoms with E-state index in [0.29, 0.717) is 0 Å². The second-order valence-electron chi connectivity index (χ2n) is 3.38. The molecule has 0 saturated carbocycles. The van der Waals surface area contributed by atoms with Gasteiger partial charge >= 0.3 is 0 Å². The molecule has 2 nitrogen and oxygen atoms in total. The van der Waals surface area contributed by atoms with Crippen LogP contribution in [-0.4, -0.2) is 4.98 Å². The van der Waals surface area contributed by atoms with E-state index in [0.717, 1.165) is 15.6 Å². The van der Waals surface area contributed by atoms with Gasteiger partial charge in [-0.2, -0.15) is 5.26 Å². The predicted molar refractivity (Wildman–Crippen MR) is 50.2 cm³/mol. The highest BCUT2D eigenvalue weighted by Crippen LogP contribution is 2.30. The Bertz CT molecular complexity index is 331. The lowest BCUT2D eigenvalue weighted by Crippen LogP contribution is -2.13. The number of hydrogen-bond donors (Lipinski definition) is 0. The lowest BCUT2D eigenvalue weighted by molar-refractivity contribution is 0.695. The third-order valence-electron chi connectivity index (χ3n) is 1.75. The second-order valence-corrected chi connectivity index (χ2v) is 4.59. The molecular formula is C9H12N2S. The first-order valence-electron chi connectivity index (χ1n) is 3.83. The van der Waals surface area contributed by atoms with Crippen LogP contribution in [0.5, 0.6) is 0 Å². The van der Waals surface area contributed by atoms with Crippen molar-refractivity contribution in [2.24, 2.45) is 0 Å². The predicted octanol–water partition coefficient (Wildman–Crippen LogP) is 2.56. The Labute approximate surface area is 76.9 Å². The van der Waals surface area contributed by atoms with Gasteiger partial charge in [-0.05, 0) is 27.7 Å². The molecule has 0 atom stereocenters. The third-order valence-corrected chi connectivity index (χ3v) is 3.15. The van der Waals surface area contributed by atoms with Crippen LogP contribution in [0.3, 0.4) is 0 Å². The molecule has 0 N–H and O–H groups in total. The maximum Gasteiger partial charge on any atom is 0.0900 e. The Morgan fingerprint density at radius 2 is 2.00 bits per heavy atom. The number of nitriles is 1. The highest BCUT2D eigenvalue weighted by Gasteiger charge is 2.24. The van der Waals surface area contributed by atoms with E-state index in [4.69, 9.17) is 5.26 Å². The lowest BCUT2D eigenvalue weighted by atomic mass is 9.93. The van der Waals surface area contributed by atoms with Crippen LogP contribution in [-0.2, 0) is 5.41 Å². The fraction of sp³-hybridized carbons (Fsp3) is 0.556. The molecule has 0 aromatic carbocycles. The van der Waals surface area contributed by atoms with Gasteiger partial charge in [0.2, 0.25) is 0 Å². The SMILES string of the molecule is Cc1nc(C)c(C(C)(C)C#N)s1. The standard InChI is InChI=1S/C9H12N2S/c1-6-8(9(3,4)5-10)12-7(2)11-6/h1-4H3. The van der Waals surface area contributed by atoms with Crippen molar-refractivity contribution in [1.29, 1.82) is 5.26 Å². The molecule has 1 rings (SSSR count). The summed E-state index contributed by atoms with van der Waals surface area (Å²) < 4.78 is 0. The van der Waals surface area contributed by atoms with Gasteiger partial charge in [0, 0.05) is 4.88 Å². The van der Waals surface area contributed by atoms with E-state index < -0.39 is 5.41 Å². The normalized spacial score (nSPS) is 11.2. The lowest BCUT2D eigenvalue weighted by Gasteiger charge is -2.12. The summed E-state index contributed by atoms with van der Waals surface area (Å²) >= 11 is 1.61. The summed E-state index contributed by atoms with van der Waals surface area (Å²) in [5, 5.41) is 9.94. The van der Waals surface area contributed by atoms with Gasteiger partial charge in [-0.1, -0.05) is 0 Å². The van der Waals surface area contributed by atoms with Gasteiger partial charge < -0.3 is 0 Å². The van der Waals surface area contributed by atoms with Gasteiger partial charge in [0.15, 0.2) is 0 Å². The average Bonchev–Trinajstić information content (AvgIpc) is 2.31. The van der Waals surface area contributed by atoms with Crippen molar-refractivity contribution in [3.05, 3.63) is 15.6 Å². The van der Waals surface area contributed by atoms with Crippen molar-refractivity contribution >= 4 is 11.3 Å². The first-order valence-corrected chi connectivity index (χ1v) is 4.65. The summed E-state index contributed by atoms with van der Waals surface area (Å²) in [4.78, 5) is 5.38. The van der Waals surface area contributed by atoms with Crippen molar-refractivity contribution in [3.63, 3.8) is 0 Å². The maximum atomic E-state index is 8.91. The number of rotatable bonds is 1. The Balaban J connectivity index is 3.21. The highest BCUT2D eigenvalue weighted by atomic mass is 32.1. The first-order chi connectivity index (χ1) is 5.47. The van der Waals surface area contributed by atoms with Gasteiger partial charge in [0.05, 0.1) is 22.2 Å². The summed E-state index contributed by atoms with van der Waals surface area (Å²) in [5.74, 6) is 0. The minimum Gasteiger partial charge on any atom is -0.247 e. The van der Waals surface area contributed by atoms with Crippen LogP contribution in [0, 0.1) is 25.2 Å². The van der Waals surface area contributed by atoms with Gasteiger partial charge in [-0.15, -0.1) is 11.3 Å². The van der Waals surface area contributed by atoms with Crippen LogP contribution in [0.15, 0.2) is 0 Å². The second kappa shape index (κ2) is 2.87. The zero-order valence-corrected chi connectivity index (χ0v) is 8.62. The van der Waals surface area contributed by atoms with Gasteiger partial charge in [0.1, 0.15) is 0 Å². The van der Waals surface area contributed by atoms with E-state index in [-0.39, 0.29) is 0 Å². The molecule has 1 heterocycles. The van der Waals surface area contributed by atoms with E-state index in [1.807, 2.05) is 27.7 Å². The number of hydrogen-bond acceptors (Lipinski definition) is 3. The minimum absolute atomic E-state index is 0.393. The third kappa shape index (κ3) is 1.49. The summed E-state index contributed by atoms with van der Waals surface area (Å²) in [6.07, 6.45) is 0. The Hall–Kier alpha value is -0.880.